The number of nitrogens with one attached hydrogen (secondary N) is 1. The molecule has 1 aromatic rings. The third-order valence-corrected chi connectivity index (χ3v) is 3.38. The molecule has 3 nitrogen and oxygen atoms in total. The Bertz CT molecular complexity index is 325. The summed E-state index contributed by atoms with van der Waals surface area (Å²) < 4.78 is 10.7. The van der Waals surface area contributed by atoms with E-state index >= 15 is 0 Å². The van der Waals surface area contributed by atoms with Crippen molar-refractivity contribution in [2.75, 3.05) is 40.0 Å². The van der Waals surface area contributed by atoms with Crippen molar-refractivity contribution in [3.05, 3.63) is 35.4 Å². The lowest BCUT2D eigenvalue weighted by Crippen LogP contribution is -2.26. The Morgan fingerprint density at radius 1 is 1.10 bits per heavy atom. The van der Waals surface area contributed by atoms with Crippen molar-refractivity contribution in [3.8, 4) is 0 Å². The van der Waals surface area contributed by atoms with E-state index in [0.29, 0.717) is 5.92 Å². The zero-order chi connectivity index (χ0) is 14.6. The fourth-order valence-corrected chi connectivity index (χ4v) is 2.15. The lowest BCUT2D eigenvalue weighted by molar-refractivity contribution is 0.127. The molecule has 0 aliphatic rings. The SMILES string of the molecule is CCCOCCC(CNCCOC)c1ccc(C)cc1. The monoisotopic (exact) mass is 279 g/mol. The molecule has 1 atom stereocenters. The van der Waals surface area contributed by atoms with Gasteiger partial charge < -0.3 is 14.8 Å². The summed E-state index contributed by atoms with van der Waals surface area (Å²) in [4.78, 5) is 0. The van der Waals surface area contributed by atoms with Crippen molar-refractivity contribution in [3.63, 3.8) is 0 Å². The molecule has 1 rings (SSSR count). The quantitative estimate of drug-likeness (QED) is 0.631. The van der Waals surface area contributed by atoms with Crippen LogP contribution in [0.15, 0.2) is 24.3 Å². The van der Waals surface area contributed by atoms with E-state index in [1.165, 1.54) is 11.1 Å². The van der Waals surface area contributed by atoms with Crippen molar-refractivity contribution in [1.82, 2.24) is 5.32 Å². The molecule has 0 fully saturated rings. The van der Waals surface area contributed by atoms with Gasteiger partial charge in [0.2, 0.25) is 0 Å². The van der Waals surface area contributed by atoms with Gasteiger partial charge in [0.25, 0.3) is 0 Å². The molecule has 0 aliphatic carbocycles. The topological polar surface area (TPSA) is 30.5 Å². The molecule has 0 bridgehead atoms. The summed E-state index contributed by atoms with van der Waals surface area (Å²) in [5.41, 5.74) is 2.70. The van der Waals surface area contributed by atoms with E-state index in [1.54, 1.807) is 7.11 Å². The first-order valence-corrected chi connectivity index (χ1v) is 7.62. The summed E-state index contributed by atoms with van der Waals surface area (Å²) in [7, 11) is 1.73. The first kappa shape index (κ1) is 17.2. The van der Waals surface area contributed by atoms with Crippen LogP contribution in [0.4, 0.5) is 0 Å². The number of rotatable bonds is 11. The summed E-state index contributed by atoms with van der Waals surface area (Å²) in [6.45, 7) is 8.59. The van der Waals surface area contributed by atoms with Crippen LogP contribution in [0.25, 0.3) is 0 Å². The Kier molecular flexibility index (Phi) is 9.29. The minimum Gasteiger partial charge on any atom is -0.383 e. The molecule has 0 saturated carbocycles. The summed E-state index contributed by atoms with van der Waals surface area (Å²) >= 11 is 0. The van der Waals surface area contributed by atoms with Gasteiger partial charge in [-0.3, -0.25) is 0 Å². The third-order valence-electron chi connectivity index (χ3n) is 3.38. The molecular formula is C17H29NO2. The van der Waals surface area contributed by atoms with Crippen LogP contribution in [0.5, 0.6) is 0 Å². The van der Waals surface area contributed by atoms with Crippen LogP contribution in [0.3, 0.4) is 0 Å². The Labute approximate surface area is 123 Å². The van der Waals surface area contributed by atoms with Gasteiger partial charge in [0.05, 0.1) is 6.61 Å². The molecular weight excluding hydrogens is 250 g/mol. The van der Waals surface area contributed by atoms with Crippen LogP contribution >= 0.6 is 0 Å². The molecule has 1 aromatic carbocycles. The lowest BCUT2D eigenvalue weighted by atomic mass is 9.95. The maximum Gasteiger partial charge on any atom is 0.0587 e. The number of benzene rings is 1. The summed E-state index contributed by atoms with van der Waals surface area (Å²) in [6, 6.07) is 8.84. The number of methoxy groups -OCH3 is 1. The molecule has 3 heteroatoms. The van der Waals surface area contributed by atoms with Gasteiger partial charge in [-0.05, 0) is 31.2 Å². The second-order valence-corrected chi connectivity index (χ2v) is 5.21. The predicted molar refractivity (Wildman–Crippen MR) is 84.4 cm³/mol. The molecule has 1 N–H and O–H groups in total. The molecule has 0 heterocycles. The van der Waals surface area contributed by atoms with Crippen LogP contribution in [0.1, 0.15) is 36.8 Å². The normalized spacial score (nSPS) is 12.6. The van der Waals surface area contributed by atoms with E-state index in [1.807, 2.05) is 0 Å². The molecule has 0 amide bonds. The Hall–Kier alpha value is -0.900. The van der Waals surface area contributed by atoms with Gasteiger partial charge in [-0.1, -0.05) is 36.8 Å². The first-order valence-electron chi connectivity index (χ1n) is 7.62. The van der Waals surface area contributed by atoms with Gasteiger partial charge in [-0.15, -0.1) is 0 Å². The van der Waals surface area contributed by atoms with Crippen LogP contribution in [0, 0.1) is 6.92 Å². The van der Waals surface area contributed by atoms with Crippen molar-refractivity contribution < 1.29 is 9.47 Å². The highest BCUT2D eigenvalue weighted by atomic mass is 16.5. The minimum absolute atomic E-state index is 0.504. The van der Waals surface area contributed by atoms with Crippen LogP contribution in [-0.2, 0) is 9.47 Å². The average molecular weight is 279 g/mol. The third kappa shape index (κ3) is 7.04. The van der Waals surface area contributed by atoms with Gasteiger partial charge >= 0.3 is 0 Å². The zero-order valence-electron chi connectivity index (χ0n) is 13.2. The largest absolute Gasteiger partial charge is 0.383 e. The maximum atomic E-state index is 5.63. The van der Waals surface area contributed by atoms with Crippen LogP contribution < -0.4 is 5.32 Å². The van der Waals surface area contributed by atoms with E-state index in [9.17, 15) is 0 Å². The smallest absolute Gasteiger partial charge is 0.0587 e. The zero-order valence-corrected chi connectivity index (χ0v) is 13.2. The number of aryl methyl sites for hydroxylation is 1. The summed E-state index contributed by atoms with van der Waals surface area (Å²) in [6.07, 6.45) is 2.14. The van der Waals surface area contributed by atoms with E-state index in [-0.39, 0.29) is 0 Å². The standard InChI is InChI=1S/C17H29NO2/c1-4-11-20-12-9-17(14-18-10-13-19-3)16-7-5-15(2)6-8-16/h5-8,17-18H,4,9-14H2,1-3H3. The highest BCUT2D eigenvalue weighted by Gasteiger charge is 2.11. The molecule has 0 saturated heterocycles. The van der Waals surface area contributed by atoms with Crippen molar-refractivity contribution >= 4 is 0 Å². The van der Waals surface area contributed by atoms with E-state index in [4.69, 9.17) is 9.47 Å². The second-order valence-electron chi connectivity index (χ2n) is 5.21. The highest BCUT2D eigenvalue weighted by Crippen LogP contribution is 2.19. The molecule has 0 aromatic heterocycles. The highest BCUT2D eigenvalue weighted by molar-refractivity contribution is 5.24. The molecule has 20 heavy (non-hydrogen) atoms. The van der Waals surface area contributed by atoms with Crippen LogP contribution in [-0.4, -0.2) is 40.0 Å². The predicted octanol–water partition coefficient (Wildman–Crippen LogP) is 3.13. The maximum absolute atomic E-state index is 5.63. The molecule has 1 unspecified atom stereocenters. The van der Waals surface area contributed by atoms with Crippen LogP contribution in [0.2, 0.25) is 0 Å². The fraction of sp³-hybridized carbons (Fsp3) is 0.647. The number of hydrogen-bond acceptors (Lipinski definition) is 3. The van der Waals surface area contributed by atoms with E-state index in [2.05, 4.69) is 43.4 Å². The number of ether oxygens (including phenoxy) is 2. The van der Waals surface area contributed by atoms with Crippen molar-refractivity contribution in [2.24, 2.45) is 0 Å². The summed E-state index contributed by atoms with van der Waals surface area (Å²) in [5, 5.41) is 3.46. The van der Waals surface area contributed by atoms with Crippen molar-refractivity contribution in [1.29, 1.82) is 0 Å². The molecule has 0 radical (unpaired) electrons. The van der Waals surface area contributed by atoms with E-state index < -0.39 is 0 Å². The van der Waals surface area contributed by atoms with Gasteiger partial charge in [0.15, 0.2) is 0 Å². The fourth-order valence-electron chi connectivity index (χ4n) is 2.15. The second kappa shape index (κ2) is 10.8. The summed E-state index contributed by atoms with van der Waals surface area (Å²) in [5.74, 6) is 0.504. The van der Waals surface area contributed by atoms with Crippen molar-refractivity contribution in [2.45, 2.75) is 32.6 Å². The molecule has 0 spiro atoms. The van der Waals surface area contributed by atoms with Gasteiger partial charge in [0, 0.05) is 33.4 Å². The molecule has 114 valence electrons. The number of hydrogen-bond donors (Lipinski definition) is 1. The van der Waals surface area contributed by atoms with Gasteiger partial charge in [-0.2, -0.15) is 0 Å². The van der Waals surface area contributed by atoms with E-state index in [0.717, 1.165) is 45.8 Å². The average Bonchev–Trinajstić information content (AvgIpc) is 2.47. The Morgan fingerprint density at radius 3 is 2.50 bits per heavy atom. The molecule has 0 aliphatic heterocycles. The first-order chi connectivity index (χ1) is 9.77. The van der Waals surface area contributed by atoms with Gasteiger partial charge in [0.1, 0.15) is 0 Å². The van der Waals surface area contributed by atoms with Gasteiger partial charge in [-0.25, -0.2) is 0 Å². The Morgan fingerprint density at radius 2 is 1.85 bits per heavy atom. The lowest BCUT2D eigenvalue weighted by Gasteiger charge is -2.18. The Balaban J connectivity index is 2.47. The minimum atomic E-state index is 0.504.